The van der Waals surface area contributed by atoms with E-state index >= 15 is 0 Å². The van der Waals surface area contributed by atoms with Gasteiger partial charge in [-0.1, -0.05) is 199 Å². The number of hydrogen-bond acceptors (Lipinski definition) is 6. The summed E-state index contributed by atoms with van der Waals surface area (Å²) >= 11 is 0. The minimum Gasteiger partial charge on any atom is -0.756 e. The van der Waals surface area contributed by atoms with Gasteiger partial charge in [-0.05, 0) is 44.9 Å². The van der Waals surface area contributed by atoms with Crippen LogP contribution in [0.4, 0.5) is 0 Å². The van der Waals surface area contributed by atoms with Crippen molar-refractivity contribution in [3.8, 4) is 0 Å². The van der Waals surface area contributed by atoms with Crippen molar-refractivity contribution >= 4 is 13.7 Å². The van der Waals surface area contributed by atoms with E-state index in [0.717, 1.165) is 38.5 Å². The average Bonchev–Trinajstić information content (AvgIpc) is 3.16. The SMILES string of the molecule is CCCCCCCCCC/C=C\CCCCCCCCCCCCCCCC(=O)NC(COP(=O)([O-])OCC[N+](C)(C)C)C(O)/C=C/CCCCCCCCCC. The molecule has 0 aliphatic heterocycles. The predicted molar refractivity (Wildman–Crippen MR) is 242 cm³/mol. The number of rotatable bonds is 44. The molecule has 2 N–H and O–H groups in total. The number of hydrogen-bond donors (Lipinski definition) is 2. The Morgan fingerprint density at radius 3 is 1.37 bits per heavy atom. The minimum atomic E-state index is -4.58. The highest BCUT2D eigenvalue weighted by atomic mass is 31.2. The van der Waals surface area contributed by atoms with Gasteiger partial charge in [0.1, 0.15) is 13.2 Å². The van der Waals surface area contributed by atoms with Crippen LogP contribution in [0.3, 0.4) is 0 Å². The van der Waals surface area contributed by atoms with E-state index in [0.29, 0.717) is 17.4 Å². The van der Waals surface area contributed by atoms with Gasteiger partial charge in [0.2, 0.25) is 5.91 Å². The van der Waals surface area contributed by atoms with Crippen LogP contribution in [0.1, 0.15) is 226 Å². The summed E-state index contributed by atoms with van der Waals surface area (Å²) in [5.74, 6) is -0.198. The maximum Gasteiger partial charge on any atom is 0.268 e. The lowest BCUT2D eigenvalue weighted by molar-refractivity contribution is -0.870. The lowest BCUT2D eigenvalue weighted by Gasteiger charge is -2.29. The van der Waals surface area contributed by atoms with Crippen molar-refractivity contribution in [2.24, 2.45) is 0 Å². The van der Waals surface area contributed by atoms with Crippen molar-refractivity contribution in [2.45, 2.75) is 238 Å². The molecule has 0 aromatic rings. The van der Waals surface area contributed by atoms with Crippen LogP contribution in [0, 0.1) is 0 Å². The third-order valence-corrected chi connectivity index (χ3v) is 11.9. The molecule has 0 aromatic carbocycles. The van der Waals surface area contributed by atoms with Gasteiger partial charge in [0, 0.05) is 6.42 Å². The molecule has 0 heterocycles. The van der Waals surface area contributed by atoms with Crippen LogP contribution >= 0.6 is 7.82 Å². The quantitative estimate of drug-likeness (QED) is 0.0274. The van der Waals surface area contributed by atoms with Gasteiger partial charge in [-0.15, -0.1) is 0 Å². The second-order valence-electron chi connectivity index (χ2n) is 17.8. The molecule has 0 saturated heterocycles. The highest BCUT2D eigenvalue weighted by Gasteiger charge is 2.23. The maximum atomic E-state index is 12.9. The van der Waals surface area contributed by atoms with Gasteiger partial charge in [-0.2, -0.15) is 0 Å². The molecule has 0 rings (SSSR count). The van der Waals surface area contributed by atoms with Gasteiger partial charge in [0.25, 0.3) is 7.82 Å². The number of aliphatic hydroxyl groups is 1. The molecule has 0 aromatic heterocycles. The average molecular weight is 827 g/mol. The smallest absolute Gasteiger partial charge is 0.268 e. The standard InChI is InChI=1S/C48H95N2O6P/c1-6-8-10-12-14-16-18-19-20-21-22-23-24-25-26-27-28-29-30-31-32-34-36-38-40-42-48(52)49-46(45-56-57(53,54)55-44-43-50(3,4)5)47(51)41-39-37-35-33-17-15-13-11-9-7-2/h21-22,39,41,46-47,51H,6-20,23-38,40,42-45H2,1-5H3,(H-,49,52,53,54)/b22-21-,41-39+. The van der Waals surface area contributed by atoms with Crippen molar-refractivity contribution in [2.75, 3.05) is 40.9 Å². The number of likely N-dealkylation sites (N-methyl/N-ethyl adjacent to an activating group) is 1. The fourth-order valence-electron chi connectivity index (χ4n) is 7.03. The Morgan fingerprint density at radius 1 is 0.596 bits per heavy atom. The van der Waals surface area contributed by atoms with Crippen molar-refractivity contribution in [3.63, 3.8) is 0 Å². The van der Waals surface area contributed by atoms with E-state index < -0.39 is 20.0 Å². The highest BCUT2D eigenvalue weighted by molar-refractivity contribution is 7.45. The number of nitrogens with zero attached hydrogens (tertiary/aromatic N) is 1. The van der Waals surface area contributed by atoms with Gasteiger partial charge in [-0.3, -0.25) is 9.36 Å². The van der Waals surface area contributed by atoms with E-state index in [2.05, 4.69) is 31.3 Å². The van der Waals surface area contributed by atoms with Gasteiger partial charge in [-0.25, -0.2) is 0 Å². The van der Waals surface area contributed by atoms with Crippen LogP contribution in [-0.2, 0) is 18.4 Å². The predicted octanol–water partition coefficient (Wildman–Crippen LogP) is 13.1. The first-order valence-electron chi connectivity index (χ1n) is 24.2. The van der Waals surface area contributed by atoms with E-state index in [1.165, 1.54) is 167 Å². The summed E-state index contributed by atoms with van der Waals surface area (Å²) < 4.78 is 23.2. The molecule has 0 aliphatic carbocycles. The summed E-state index contributed by atoms with van der Waals surface area (Å²) in [6.45, 7) is 4.63. The van der Waals surface area contributed by atoms with Gasteiger partial charge >= 0.3 is 0 Å². The highest BCUT2D eigenvalue weighted by Crippen LogP contribution is 2.38. The molecule has 0 radical (unpaired) electrons. The van der Waals surface area contributed by atoms with Crippen molar-refractivity contribution in [3.05, 3.63) is 24.3 Å². The zero-order valence-corrected chi connectivity index (χ0v) is 39.2. The monoisotopic (exact) mass is 827 g/mol. The van der Waals surface area contributed by atoms with Crippen LogP contribution in [0.25, 0.3) is 0 Å². The third-order valence-electron chi connectivity index (χ3n) is 10.9. The van der Waals surface area contributed by atoms with E-state index in [1.807, 2.05) is 27.2 Å². The van der Waals surface area contributed by atoms with Crippen LogP contribution in [-0.4, -0.2) is 68.5 Å². The molecular weight excluding hydrogens is 732 g/mol. The Kier molecular flexibility index (Phi) is 39.7. The van der Waals surface area contributed by atoms with Crippen LogP contribution in [0.5, 0.6) is 0 Å². The molecular formula is C48H95N2O6P. The Hall–Kier alpha value is -1.02. The fraction of sp³-hybridized carbons (Fsp3) is 0.896. The van der Waals surface area contributed by atoms with Crippen molar-refractivity contribution in [1.29, 1.82) is 0 Å². The number of unbranched alkanes of at least 4 members (excludes halogenated alkanes) is 29. The molecule has 338 valence electrons. The van der Waals surface area contributed by atoms with Gasteiger partial charge in [0.15, 0.2) is 0 Å². The number of carbonyl (C=O) groups excluding carboxylic acids is 1. The maximum absolute atomic E-state index is 12.9. The number of aliphatic hydroxyl groups excluding tert-OH is 1. The second-order valence-corrected chi connectivity index (χ2v) is 19.2. The van der Waals surface area contributed by atoms with Crippen LogP contribution in [0.15, 0.2) is 24.3 Å². The molecule has 3 atom stereocenters. The van der Waals surface area contributed by atoms with E-state index in [-0.39, 0.29) is 19.1 Å². The Balaban J connectivity index is 4.14. The van der Waals surface area contributed by atoms with Crippen LogP contribution < -0.4 is 10.2 Å². The van der Waals surface area contributed by atoms with Crippen LogP contribution in [0.2, 0.25) is 0 Å². The molecule has 0 bridgehead atoms. The summed E-state index contributed by atoms with van der Waals surface area (Å²) in [5, 5.41) is 13.7. The van der Waals surface area contributed by atoms with E-state index in [9.17, 15) is 19.4 Å². The fourth-order valence-corrected chi connectivity index (χ4v) is 7.75. The molecule has 0 spiro atoms. The molecule has 3 unspecified atom stereocenters. The number of phosphoric acid groups is 1. The zero-order chi connectivity index (χ0) is 42.1. The summed E-state index contributed by atoms with van der Waals surface area (Å²) in [7, 11) is 1.26. The molecule has 1 amide bonds. The number of nitrogens with one attached hydrogen (secondary N) is 1. The first-order chi connectivity index (χ1) is 27.5. The number of amides is 1. The molecule has 0 fully saturated rings. The van der Waals surface area contributed by atoms with Gasteiger partial charge < -0.3 is 28.8 Å². The molecule has 57 heavy (non-hydrogen) atoms. The zero-order valence-electron chi connectivity index (χ0n) is 38.3. The molecule has 9 heteroatoms. The van der Waals surface area contributed by atoms with E-state index in [1.54, 1.807) is 6.08 Å². The molecule has 0 aliphatic rings. The molecule has 0 saturated carbocycles. The Morgan fingerprint density at radius 2 is 0.965 bits per heavy atom. The van der Waals surface area contributed by atoms with E-state index in [4.69, 9.17) is 9.05 Å². The second kappa shape index (κ2) is 40.4. The van der Waals surface area contributed by atoms with Crippen molar-refractivity contribution in [1.82, 2.24) is 5.32 Å². The molecule has 8 nitrogen and oxygen atoms in total. The number of carbonyl (C=O) groups is 1. The largest absolute Gasteiger partial charge is 0.756 e. The van der Waals surface area contributed by atoms with Crippen molar-refractivity contribution < 1.29 is 32.9 Å². The first kappa shape index (κ1) is 56.0. The summed E-state index contributed by atoms with van der Waals surface area (Å²) in [5.41, 5.74) is 0. The first-order valence-corrected chi connectivity index (χ1v) is 25.7. The number of quaternary nitrogens is 1. The topological polar surface area (TPSA) is 108 Å². The summed E-state index contributed by atoms with van der Waals surface area (Å²) in [6, 6.07) is -0.882. The van der Waals surface area contributed by atoms with Gasteiger partial charge in [0.05, 0.1) is 39.9 Å². The lowest BCUT2D eigenvalue weighted by atomic mass is 10.0. The Labute approximate surface area is 354 Å². The third kappa shape index (κ3) is 42.9. The normalized spacial score (nSPS) is 14.4. The summed E-state index contributed by atoms with van der Waals surface area (Å²) in [6.07, 6.45) is 48.1. The number of allylic oxidation sites excluding steroid dienone is 3. The summed E-state index contributed by atoms with van der Waals surface area (Å²) in [4.78, 5) is 25.3. The Bertz CT molecular complexity index is 984. The number of phosphoric ester groups is 1. The lowest BCUT2D eigenvalue weighted by Crippen LogP contribution is -2.45. The minimum absolute atomic E-state index is 0.000269.